The van der Waals surface area contributed by atoms with E-state index in [9.17, 15) is 9.50 Å². The van der Waals surface area contributed by atoms with Crippen LogP contribution in [0.3, 0.4) is 0 Å². The van der Waals surface area contributed by atoms with Gasteiger partial charge in [0.25, 0.3) is 0 Å². The number of phenolic OH excluding ortho intramolecular Hbond substituents is 1. The van der Waals surface area contributed by atoms with Crippen LogP contribution in [0.25, 0.3) is 0 Å². The molecule has 0 amide bonds. The van der Waals surface area contributed by atoms with E-state index in [-0.39, 0.29) is 17.6 Å². The first-order valence-electron chi connectivity index (χ1n) is 6.95. The summed E-state index contributed by atoms with van der Waals surface area (Å²) in [5.41, 5.74) is 1.75. The number of ether oxygens (including phenoxy) is 1. The van der Waals surface area contributed by atoms with Crippen molar-refractivity contribution < 1.29 is 14.2 Å². The van der Waals surface area contributed by atoms with Crippen molar-refractivity contribution in [3.8, 4) is 11.5 Å². The standard InChI is InChI=1S/C17H20FNO2/c1-12(16-8-7-15(21-2)11-17(16)18)19-10-9-13-3-5-14(20)6-4-13/h3-8,11-12,19-20H,9-10H2,1-2H3. The minimum Gasteiger partial charge on any atom is -0.508 e. The van der Waals surface area contributed by atoms with Gasteiger partial charge in [0.15, 0.2) is 0 Å². The predicted octanol–water partition coefficient (Wildman–Crippen LogP) is 3.43. The molecule has 1 atom stereocenters. The predicted molar refractivity (Wildman–Crippen MR) is 81.2 cm³/mol. The highest BCUT2D eigenvalue weighted by Crippen LogP contribution is 2.21. The summed E-state index contributed by atoms with van der Waals surface area (Å²) in [6.07, 6.45) is 0.822. The Morgan fingerprint density at radius 1 is 1.19 bits per heavy atom. The molecule has 1 unspecified atom stereocenters. The molecule has 0 aliphatic rings. The molecule has 0 radical (unpaired) electrons. The molecule has 0 fully saturated rings. The Kier molecular flexibility index (Phi) is 5.17. The molecule has 2 aromatic rings. The highest BCUT2D eigenvalue weighted by Gasteiger charge is 2.11. The van der Waals surface area contributed by atoms with Gasteiger partial charge < -0.3 is 15.2 Å². The Morgan fingerprint density at radius 2 is 1.90 bits per heavy atom. The van der Waals surface area contributed by atoms with Crippen LogP contribution in [0.2, 0.25) is 0 Å². The summed E-state index contributed by atoms with van der Waals surface area (Å²) >= 11 is 0. The van der Waals surface area contributed by atoms with Gasteiger partial charge in [0, 0.05) is 17.7 Å². The number of aromatic hydroxyl groups is 1. The first kappa shape index (κ1) is 15.3. The van der Waals surface area contributed by atoms with Crippen molar-refractivity contribution in [2.75, 3.05) is 13.7 Å². The zero-order valence-corrected chi connectivity index (χ0v) is 12.3. The topological polar surface area (TPSA) is 41.5 Å². The van der Waals surface area contributed by atoms with E-state index in [1.165, 1.54) is 13.2 Å². The van der Waals surface area contributed by atoms with Crippen molar-refractivity contribution in [1.29, 1.82) is 0 Å². The molecule has 0 spiro atoms. The van der Waals surface area contributed by atoms with Crippen LogP contribution in [0.5, 0.6) is 11.5 Å². The molecule has 21 heavy (non-hydrogen) atoms. The number of methoxy groups -OCH3 is 1. The van der Waals surface area contributed by atoms with E-state index in [0.29, 0.717) is 11.3 Å². The minimum absolute atomic E-state index is 0.0759. The summed E-state index contributed by atoms with van der Waals surface area (Å²) in [5, 5.41) is 12.5. The van der Waals surface area contributed by atoms with Gasteiger partial charge >= 0.3 is 0 Å². The molecule has 2 N–H and O–H groups in total. The van der Waals surface area contributed by atoms with Crippen LogP contribution in [-0.4, -0.2) is 18.8 Å². The molecule has 0 heterocycles. The highest BCUT2D eigenvalue weighted by atomic mass is 19.1. The number of hydrogen-bond acceptors (Lipinski definition) is 3. The lowest BCUT2D eigenvalue weighted by atomic mass is 10.1. The second-order valence-electron chi connectivity index (χ2n) is 4.98. The number of rotatable bonds is 6. The lowest BCUT2D eigenvalue weighted by Crippen LogP contribution is -2.22. The molecule has 3 nitrogen and oxygen atoms in total. The van der Waals surface area contributed by atoms with E-state index in [1.54, 1.807) is 24.3 Å². The SMILES string of the molecule is COc1ccc(C(C)NCCc2ccc(O)cc2)c(F)c1. The summed E-state index contributed by atoms with van der Waals surface area (Å²) in [5.74, 6) is 0.520. The van der Waals surface area contributed by atoms with E-state index in [2.05, 4.69) is 5.32 Å². The molecule has 0 bridgehead atoms. The molecule has 0 saturated carbocycles. The zero-order valence-electron chi connectivity index (χ0n) is 12.3. The second kappa shape index (κ2) is 7.09. The van der Waals surface area contributed by atoms with Crippen LogP contribution in [-0.2, 0) is 6.42 Å². The Bertz CT molecular complexity index is 584. The number of hydrogen-bond donors (Lipinski definition) is 2. The Morgan fingerprint density at radius 3 is 2.52 bits per heavy atom. The van der Waals surface area contributed by atoms with Crippen molar-refractivity contribution in [1.82, 2.24) is 5.32 Å². The molecule has 2 rings (SSSR count). The van der Waals surface area contributed by atoms with E-state index in [1.807, 2.05) is 19.1 Å². The van der Waals surface area contributed by atoms with E-state index in [0.717, 1.165) is 18.5 Å². The van der Waals surface area contributed by atoms with Gasteiger partial charge in [-0.05, 0) is 43.7 Å². The minimum atomic E-state index is -0.265. The summed E-state index contributed by atoms with van der Waals surface area (Å²) in [4.78, 5) is 0. The lowest BCUT2D eigenvalue weighted by molar-refractivity contribution is 0.409. The van der Waals surface area contributed by atoms with Gasteiger partial charge in [-0.15, -0.1) is 0 Å². The van der Waals surface area contributed by atoms with Crippen LogP contribution in [0.15, 0.2) is 42.5 Å². The fourth-order valence-corrected chi connectivity index (χ4v) is 2.19. The van der Waals surface area contributed by atoms with E-state index < -0.39 is 0 Å². The van der Waals surface area contributed by atoms with Crippen molar-refractivity contribution in [3.05, 3.63) is 59.4 Å². The molecule has 0 aliphatic carbocycles. The number of halogens is 1. The largest absolute Gasteiger partial charge is 0.508 e. The molecule has 0 aliphatic heterocycles. The van der Waals surface area contributed by atoms with Gasteiger partial charge in [0.2, 0.25) is 0 Å². The van der Waals surface area contributed by atoms with Gasteiger partial charge in [0.1, 0.15) is 17.3 Å². The average molecular weight is 289 g/mol. The van der Waals surface area contributed by atoms with Crippen LogP contribution in [0.4, 0.5) is 4.39 Å². The number of nitrogens with one attached hydrogen (secondary N) is 1. The third-order valence-electron chi connectivity index (χ3n) is 3.47. The first-order chi connectivity index (χ1) is 10.1. The van der Waals surface area contributed by atoms with E-state index in [4.69, 9.17) is 4.74 Å². The second-order valence-corrected chi connectivity index (χ2v) is 4.98. The summed E-state index contributed by atoms with van der Waals surface area (Å²) in [7, 11) is 1.52. The fraction of sp³-hybridized carbons (Fsp3) is 0.294. The Labute approximate surface area is 124 Å². The number of benzene rings is 2. The van der Waals surface area contributed by atoms with Gasteiger partial charge in [-0.2, -0.15) is 0 Å². The highest BCUT2D eigenvalue weighted by molar-refractivity contribution is 5.30. The van der Waals surface area contributed by atoms with Gasteiger partial charge in [0.05, 0.1) is 7.11 Å². The monoisotopic (exact) mass is 289 g/mol. The van der Waals surface area contributed by atoms with Gasteiger partial charge in [-0.25, -0.2) is 4.39 Å². The van der Waals surface area contributed by atoms with Crippen LogP contribution < -0.4 is 10.1 Å². The molecule has 2 aromatic carbocycles. The molecular weight excluding hydrogens is 269 g/mol. The summed E-state index contributed by atoms with van der Waals surface area (Å²) in [6.45, 7) is 2.67. The zero-order chi connectivity index (χ0) is 15.2. The maximum absolute atomic E-state index is 13.9. The first-order valence-corrected chi connectivity index (χ1v) is 6.95. The maximum atomic E-state index is 13.9. The van der Waals surface area contributed by atoms with Gasteiger partial charge in [-0.1, -0.05) is 18.2 Å². The smallest absolute Gasteiger partial charge is 0.131 e. The number of phenols is 1. The van der Waals surface area contributed by atoms with Crippen molar-refractivity contribution >= 4 is 0 Å². The fourth-order valence-electron chi connectivity index (χ4n) is 2.19. The van der Waals surface area contributed by atoms with Crippen molar-refractivity contribution in [2.24, 2.45) is 0 Å². The average Bonchev–Trinajstić information content (AvgIpc) is 2.49. The van der Waals surface area contributed by atoms with Crippen molar-refractivity contribution in [3.63, 3.8) is 0 Å². The van der Waals surface area contributed by atoms with Gasteiger partial charge in [-0.3, -0.25) is 0 Å². The third kappa shape index (κ3) is 4.20. The third-order valence-corrected chi connectivity index (χ3v) is 3.47. The van der Waals surface area contributed by atoms with Crippen LogP contribution >= 0.6 is 0 Å². The van der Waals surface area contributed by atoms with E-state index >= 15 is 0 Å². The Hall–Kier alpha value is -2.07. The normalized spacial score (nSPS) is 12.1. The molecule has 4 heteroatoms. The Balaban J connectivity index is 1.89. The van der Waals surface area contributed by atoms with Crippen molar-refractivity contribution in [2.45, 2.75) is 19.4 Å². The maximum Gasteiger partial charge on any atom is 0.131 e. The van der Waals surface area contributed by atoms with Crippen LogP contribution in [0, 0.1) is 5.82 Å². The lowest BCUT2D eigenvalue weighted by Gasteiger charge is -2.15. The molecule has 112 valence electrons. The summed E-state index contributed by atoms with van der Waals surface area (Å²) < 4.78 is 18.9. The summed E-state index contributed by atoms with van der Waals surface area (Å²) in [6, 6.07) is 11.9. The molecular formula is C17H20FNO2. The molecule has 0 saturated heterocycles. The quantitative estimate of drug-likeness (QED) is 0.856. The molecule has 0 aromatic heterocycles. The van der Waals surface area contributed by atoms with Crippen LogP contribution in [0.1, 0.15) is 24.1 Å².